The van der Waals surface area contributed by atoms with Gasteiger partial charge < -0.3 is 28.8 Å². The van der Waals surface area contributed by atoms with Crippen LogP contribution in [0.4, 0.5) is 10.3 Å². The molecule has 0 amide bonds. The van der Waals surface area contributed by atoms with Crippen LogP contribution in [-0.2, 0) is 26.9 Å². The van der Waals surface area contributed by atoms with Crippen LogP contribution in [0.2, 0.25) is 0 Å². The second kappa shape index (κ2) is 14.2. The van der Waals surface area contributed by atoms with E-state index in [1.807, 2.05) is 18.2 Å². The molecule has 39 heavy (non-hydrogen) atoms. The van der Waals surface area contributed by atoms with E-state index in [1.54, 1.807) is 22.8 Å². The number of nitrogens with two attached hydrogens (primary N) is 1. The van der Waals surface area contributed by atoms with Crippen molar-refractivity contribution in [3.8, 4) is 5.75 Å². The number of carbonyl (C=O) groups is 1. The van der Waals surface area contributed by atoms with Gasteiger partial charge in [0.15, 0.2) is 31.1 Å². The van der Waals surface area contributed by atoms with Gasteiger partial charge in [0.1, 0.15) is 6.35 Å². The second-order valence-corrected chi connectivity index (χ2v) is 10.5. The molecule has 3 N–H and O–H groups in total. The number of rotatable bonds is 14. The lowest BCUT2D eigenvalue weighted by molar-refractivity contribution is 0.108. The number of nitrogens with one attached hydrogen (secondary N) is 1. The number of anilines is 1. The Morgan fingerprint density at radius 3 is 2.77 bits per heavy atom. The fraction of sp³-hybridized carbons (Fsp3) is 0.280. The van der Waals surface area contributed by atoms with Crippen molar-refractivity contribution in [2.24, 2.45) is 0 Å². The van der Waals surface area contributed by atoms with Crippen LogP contribution in [0.15, 0.2) is 59.7 Å². The van der Waals surface area contributed by atoms with Gasteiger partial charge in [0.25, 0.3) is 5.56 Å². The number of ether oxygens (including phenoxy) is 2. The molecule has 0 aliphatic rings. The number of aromatic amines is 1. The normalized spacial score (nSPS) is 12.1. The number of nitrogen functional groups attached to an aromatic ring is 1. The van der Waals surface area contributed by atoms with Crippen molar-refractivity contribution in [3.63, 3.8) is 0 Å². The van der Waals surface area contributed by atoms with Crippen LogP contribution in [0.5, 0.6) is 5.75 Å². The number of carbonyl (C=O) groups excluding carboxylic acids is 1. The standard InChI is InChI=1S/C25H27FN5O6PS/c1-34-20-8-7-17(13-19(20)26)14-37-38(36-11-12-39-24(33)18-5-3-2-4-6-18)16-35-10-9-31-15-28-21-22(31)29-25(27)30-23(21)32/h2-8,13,15H,9-12,14,16H2,1H3,(H3,27,29,30,32). The Bertz CT molecular complexity index is 1450. The van der Waals surface area contributed by atoms with Crippen molar-refractivity contribution >= 4 is 42.4 Å². The van der Waals surface area contributed by atoms with Gasteiger partial charge in [0.05, 0.1) is 33.3 Å². The lowest BCUT2D eigenvalue weighted by atomic mass is 10.2. The molecule has 0 aliphatic carbocycles. The number of hydrogen-bond acceptors (Lipinski definition) is 10. The molecule has 11 nitrogen and oxygen atoms in total. The van der Waals surface area contributed by atoms with Gasteiger partial charge >= 0.3 is 0 Å². The summed E-state index contributed by atoms with van der Waals surface area (Å²) in [6.45, 7) is 0.974. The fourth-order valence-corrected chi connectivity index (χ4v) is 5.29. The van der Waals surface area contributed by atoms with E-state index in [2.05, 4.69) is 15.0 Å². The van der Waals surface area contributed by atoms with E-state index in [0.29, 0.717) is 29.1 Å². The Labute approximate surface area is 228 Å². The summed E-state index contributed by atoms with van der Waals surface area (Å²) in [4.78, 5) is 34.9. The van der Waals surface area contributed by atoms with E-state index in [9.17, 15) is 14.0 Å². The van der Waals surface area contributed by atoms with Crippen LogP contribution in [0.1, 0.15) is 15.9 Å². The first-order valence-corrected chi connectivity index (χ1v) is 14.2. The summed E-state index contributed by atoms with van der Waals surface area (Å²) >= 11 is 1.15. The molecule has 206 valence electrons. The van der Waals surface area contributed by atoms with Crippen LogP contribution in [-0.4, -0.2) is 57.1 Å². The Balaban J connectivity index is 1.30. The van der Waals surface area contributed by atoms with Gasteiger partial charge in [-0.25, -0.2) is 9.37 Å². The number of imidazole rings is 1. The number of benzene rings is 2. The minimum Gasteiger partial charge on any atom is -0.494 e. The van der Waals surface area contributed by atoms with E-state index in [1.165, 1.54) is 25.6 Å². The molecular weight excluding hydrogens is 548 g/mol. The zero-order valence-corrected chi connectivity index (χ0v) is 22.8. The summed E-state index contributed by atoms with van der Waals surface area (Å²) in [7, 11) is -0.122. The molecule has 4 rings (SSSR count). The van der Waals surface area contributed by atoms with Crippen LogP contribution >= 0.6 is 20.1 Å². The summed E-state index contributed by atoms with van der Waals surface area (Å²) in [5, 5.41) is -0.0463. The molecule has 0 saturated carbocycles. The first-order chi connectivity index (χ1) is 18.9. The third kappa shape index (κ3) is 8.07. The molecule has 14 heteroatoms. The lowest BCUT2D eigenvalue weighted by Crippen LogP contribution is -2.13. The number of aromatic nitrogens is 4. The number of methoxy groups -OCH3 is 1. The Hall–Kier alpha value is -3.35. The maximum Gasteiger partial charge on any atom is 0.280 e. The van der Waals surface area contributed by atoms with Crippen LogP contribution in [0.3, 0.4) is 0 Å². The van der Waals surface area contributed by atoms with Crippen LogP contribution < -0.4 is 16.0 Å². The van der Waals surface area contributed by atoms with Gasteiger partial charge in [-0.3, -0.25) is 14.6 Å². The van der Waals surface area contributed by atoms with Crippen molar-refractivity contribution in [2.45, 2.75) is 13.2 Å². The SMILES string of the molecule is COc1ccc(COP(COCCn2cnc3c(=O)[nH]c(N)nc32)OCCSC(=O)c2ccccc2)cc1F. The minimum absolute atomic E-state index is 0.000858. The Morgan fingerprint density at radius 1 is 1.18 bits per heavy atom. The van der Waals surface area contributed by atoms with Gasteiger partial charge in [-0.15, -0.1) is 0 Å². The topological polar surface area (TPSA) is 144 Å². The second-order valence-electron chi connectivity index (χ2n) is 8.01. The van der Waals surface area contributed by atoms with Gasteiger partial charge in [-0.1, -0.05) is 48.2 Å². The maximum atomic E-state index is 14.1. The predicted octanol–water partition coefficient (Wildman–Crippen LogP) is 3.94. The van der Waals surface area contributed by atoms with Crippen molar-refractivity contribution in [3.05, 3.63) is 82.2 Å². The Kier molecular flexibility index (Phi) is 10.4. The van der Waals surface area contributed by atoms with E-state index < -0.39 is 19.8 Å². The van der Waals surface area contributed by atoms with E-state index in [0.717, 1.165) is 11.8 Å². The molecule has 0 fully saturated rings. The average Bonchev–Trinajstić information content (AvgIpc) is 3.34. The highest BCUT2D eigenvalue weighted by Gasteiger charge is 2.15. The molecule has 0 spiro atoms. The van der Waals surface area contributed by atoms with Crippen LogP contribution in [0, 0.1) is 5.82 Å². The first-order valence-electron chi connectivity index (χ1n) is 11.8. The number of hydrogen-bond donors (Lipinski definition) is 2. The van der Waals surface area contributed by atoms with E-state index in [-0.39, 0.29) is 48.5 Å². The molecule has 0 saturated heterocycles. The summed E-state index contributed by atoms with van der Waals surface area (Å²) in [6.07, 6.45) is 1.62. The highest BCUT2D eigenvalue weighted by atomic mass is 32.2. The van der Waals surface area contributed by atoms with Gasteiger partial charge in [0, 0.05) is 17.9 Å². The third-order valence-electron chi connectivity index (χ3n) is 5.32. The van der Waals surface area contributed by atoms with Gasteiger partial charge in [0.2, 0.25) is 11.1 Å². The number of nitrogens with zero attached hydrogens (tertiary/aromatic N) is 3. The number of halogens is 1. The first kappa shape index (κ1) is 28.7. The smallest absolute Gasteiger partial charge is 0.280 e. The van der Waals surface area contributed by atoms with Crippen LogP contribution in [0.25, 0.3) is 11.2 Å². The van der Waals surface area contributed by atoms with Crippen molar-refractivity contribution in [2.75, 3.05) is 38.2 Å². The third-order valence-corrected chi connectivity index (χ3v) is 7.47. The maximum absolute atomic E-state index is 14.1. The highest BCUT2D eigenvalue weighted by Crippen LogP contribution is 2.39. The van der Waals surface area contributed by atoms with E-state index in [4.69, 9.17) is 24.3 Å². The van der Waals surface area contributed by atoms with Crippen molar-refractivity contribution < 1.29 is 27.7 Å². The molecule has 1 atom stereocenters. The molecule has 2 aromatic heterocycles. The summed E-state index contributed by atoms with van der Waals surface area (Å²) in [6, 6.07) is 13.6. The summed E-state index contributed by atoms with van der Waals surface area (Å²) in [5.41, 5.74) is 7.00. The van der Waals surface area contributed by atoms with E-state index >= 15 is 0 Å². The van der Waals surface area contributed by atoms with Crippen molar-refractivity contribution in [1.82, 2.24) is 19.5 Å². The average molecular weight is 576 g/mol. The molecule has 2 heterocycles. The van der Waals surface area contributed by atoms with Crippen molar-refractivity contribution in [1.29, 1.82) is 0 Å². The van der Waals surface area contributed by atoms with Gasteiger partial charge in [-0.05, 0) is 17.7 Å². The summed E-state index contributed by atoms with van der Waals surface area (Å²) in [5.74, 6) is 0.0806. The number of thioether (sulfide) groups is 1. The predicted molar refractivity (Wildman–Crippen MR) is 147 cm³/mol. The number of H-pyrrole nitrogens is 1. The molecule has 1 unspecified atom stereocenters. The molecule has 0 aliphatic heterocycles. The monoisotopic (exact) mass is 575 g/mol. The lowest BCUT2D eigenvalue weighted by Gasteiger charge is -2.18. The zero-order valence-electron chi connectivity index (χ0n) is 21.0. The summed E-state index contributed by atoms with van der Waals surface area (Å²) < 4.78 is 38.3. The number of fused-ring (bicyclic) bond motifs is 1. The molecule has 4 aromatic rings. The molecule has 0 bridgehead atoms. The highest BCUT2D eigenvalue weighted by molar-refractivity contribution is 8.14. The minimum atomic E-state index is -1.52. The fourth-order valence-electron chi connectivity index (χ4n) is 3.43. The molecule has 0 radical (unpaired) electrons. The van der Waals surface area contributed by atoms with Gasteiger partial charge in [-0.2, -0.15) is 4.98 Å². The molecule has 2 aromatic carbocycles. The molecular formula is C25H27FN5O6PS. The zero-order chi connectivity index (χ0) is 27.6. The Morgan fingerprint density at radius 2 is 2.00 bits per heavy atom. The quantitative estimate of drug-likeness (QED) is 0.168. The largest absolute Gasteiger partial charge is 0.494 e.